The van der Waals surface area contributed by atoms with Crippen molar-refractivity contribution in [3.8, 4) is 17.4 Å². The van der Waals surface area contributed by atoms with E-state index in [1.165, 1.54) is 7.11 Å². The number of aromatic hydroxyl groups is 1. The van der Waals surface area contributed by atoms with Crippen LogP contribution in [-0.2, 0) is 13.0 Å². The number of methoxy groups -OCH3 is 2. The Morgan fingerprint density at radius 2 is 1.92 bits per heavy atom. The third-order valence-corrected chi connectivity index (χ3v) is 4.51. The molecule has 0 unspecified atom stereocenters. The lowest BCUT2D eigenvalue weighted by molar-refractivity contribution is 0.352. The Morgan fingerprint density at radius 1 is 1.24 bits per heavy atom. The van der Waals surface area contributed by atoms with Crippen LogP contribution in [0, 0.1) is 0 Å². The number of aromatic nitrogens is 2. The maximum atomic E-state index is 12.4. The number of nitrogens with zero attached hydrogens (tertiary/aromatic N) is 1. The first-order valence-electron chi connectivity index (χ1n) is 8.05. The van der Waals surface area contributed by atoms with Crippen LogP contribution in [0.3, 0.4) is 0 Å². The summed E-state index contributed by atoms with van der Waals surface area (Å²) >= 11 is 0. The number of fused-ring (bicyclic) bond motifs is 1. The van der Waals surface area contributed by atoms with Crippen molar-refractivity contribution in [2.45, 2.75) is 25.9 Å². The quantitative estimate of drug-likeness (QED) is 0.744. The normalized spacial score (nSPS) is 16.4. The molecule has 0 fully saturated rings. The largest absolute Gasteiger partial charge is 0.494 e. The molecule has 1 aromatic carbocycles. The lowest BCUT2D eigenvalue weighted by Gasteiger charge is -2.28. The Hall–Kier alpha value is -2.74. The van der Waals surface area contributed by atoms with Crippen LogP contribution in [-0.4, -0.2) is 35.4 Å². The number of ether oxygens (including phenoxy) is 2. The summed E-state index contributed by atoms with van der Waals surface area (Å²) in [7, 11) is 3.10. The minimum Gasteiger partial charge on any atom is -0.494 e. The second-order valence-electron chi connectivity index (χ2n) is 5.78. The zero-order valence-electron chi connectivity index (χ0n) is 14.4. The summed E-state index contributed by atoms with van der Waals surface area (Å²) in [4.78, 5) is 26.5. The molecule has 0 aliphatic carbocycles. The second-order valence-corrected chi connectivity index (χ2v) is 5.78. The number of H-pyrrole nitrogens is 1. The molecule has 0 saturated heterocycles. The molecule has 0 amide bonds. The zero-order valence-corrected chi connectivity index (χ0v) is 14.4. The monoisotopic (exact) mass is 347 g/mol. The average molecular weight is 347 g/mol. The first-order chi connectivity index (χ1) is 12.0. The van der Waals surface area contributed by atoms with Crippen LogP contribution < -0.4 is 26.0 Å². The van der Waals surface area contributed by atoms with Crippen LogP contribution in [0.5, 0.6) is 17.4 Å². The minimum atomic E-state index is -0.628. The Labute approximate surface area is 144 Å². The molecule has 1 aliphatic heterocycles. The van der Waals surface area contributed by atoms with Crippen molar-refractivity contribution in [2.75, 3.05) is 20.8 Å². The van der Waals surface area contributed by atoms with E-state index >= 15 is 0 Å². The van der Waals surface area contributed by atoms with E-state index in [0.717, 1.165) is 22.1 Å². The van der Waals surface area contributed by atoms with Gasteiger partial charge < -0.3 is 19.9 Å². The van der Waals surface area contributed by atoms with Gasteiger partial charge in [-0.05, 0) is 36.6 Å². The van der Waals surface area contributed by atoms with Crippen molar-refractivity contribution in [3.05, 3.63) is 49.7 Å². The molecule has 0 spiro atoms. The highest BCUT2D eigenvalue weighted by atomic mass is 16.5. The van der Waals surface area contributed by atoms with Crippen molar-refractivity contribution >= 4 is 0 Å². The van der Waals surface area contributed by atoms with Gasteiger partial charge >= 0.3 is 5.69 Å². The smallest absolute Gasteiger partial charge is 0.331 e. The Balaban J connectivity index is 2.23. The summed E-state index contributed by atoms with van der Waals surface area (Å²) in [6.07, 6.45) is 0.748. The fourth-order valence-corrected chi connectivity index (χ4v) is 3.27. The zero-order chi connectivity index (χ0) is 18.1. The van der Waals surface area contributed by atoms with Crippen molar-refractivity contribution < 1.29 is 14.6 Å². The minimum absolute atomic E-state index is 0.120. The SMILES string of the molecule is CCn1c(O)c([C@H]2NCCc3cc(OC)c(OC)cc32)c(=O)[nH]c1=O. The number of benzene rings is 1. The summed E-state index contributed by atoms with van der Waals surface area (Å²) < 4.78 is 11.8. The maximum absolute atomic E-state index is 12.4. The average Bonchev–Trinajstić information content (AvgIpc) is 2.60. The molecule has 0 bridgehead atoms. The van der Waals surface area contributed by atoms with Gasteiger partial charge in [-0.3, -0.25) is 14.3 Å². The van der Waals surface area contributed by atoms with Gasteiger partial charge in [0, 0.05) is 13.1 Å². The molecule has 134 valence electrons. The highest BCUT2D eigenvalue weighted by Crippen LogP contribution is 2.38. The summed E-state index contributed by atoms with van der Waals surface area (Å²) in [5.74, 6) is 0.824. The molecule has 0 saturated carbocycles. The van der Waals surface area contributed by atoms with Gasteiger partial charge in [0.2, 0.25) is 5.88 Å². The molecule has 2 heterocycles. The number of aromatic amines is 1. The summed E-state index contributed by atoms with van der Waals surface area (Å²) in [6.45, 7) is 2.59. The predicted octanol–water partition coefficient (Wildman–Crippen LogP) is 0.514. The van der Waals surface area contributed by atoms with E-state index in [1.807, 2.05) is 6.07 Å². The molecule has 1 aliphatic rings. The van der Waals surface area contributed by atoms with E-state index < -0.39 is 17.3 Å². The Bertz CT molecular complexity index is 916. The number of nitrogens with one attached hydrogen (secondary N) is 2. The number of hydrogen-bond acceptors (Lipinski definition) is 6. The van der Waals surface area contributed by atoms with E-state index in [9.17, 15) is 14.7 Å². The lowest BCUT2D eigenvalue weighted by Crippen LogP contribution is -2.38. The van der Waals surface area contributed by atoms with Crippen molar-refractivity contribution in [2.24, 2.45) is 0 Å². The number of rotatable bonds is 4. The molecule has 2 aromatic rings. The molecular weight excluding hydrogens is 326 g/mol. The predicted molar refractivity (Wildman–Crippen MR) is 91.8 cm³/mol. The third kappa shape index (κ3) is 2.78. The van der Waals surface area contributed by atoms with Crippen LogP contribution in [0.1, 0.15) is 29.7 Å². The van der Waals surface area contributed by atoms with Gasteiger partial charge in [-0.25, -0.2) is 4.79 Å². The summed E-state index contributed by atoms with van der Waals surface area (Å²) in [6, 6.07) is 3.12. The van der Waals surface area contributed by atoms with Crippen LogP contribution >= 0.6 is 0 Å². The lowest BCUT2D eigenvalue weighted by atomic mass is 9.90. The van der Waals surface area contributed by atoms with E-state index in [4.69, 9.17) is 9.47 Å². The fourth-order valence-electron chi connectivity index (χ4n) is 3.27. The van der Waals surface area contributed by atoms with Gasteiger partial charge in [-0.2, -0.15) is 0 Å². The first-order valence-corrected chi connectivity index (χ1v) is 8.05. The van der Waals surface area contributed by atoms with Crippen molar-refractivity contribution in [1.29, 1.82) is 0 Å². The van der Waals surface area contributed by atoms with Gasteiger partial charge in [0.25, 0.3) is 5.56 Å². The summed E-state index contributed by atoms with van der Waals surface area (Å²) in [5.41, 5.74) is 0.694. The molecule has 3 N–H and O–H groups in total. The topological polar surface area (TPSA) is 106 Å². The first kappa shape index (κ1) is 17.1. The highest BCUT2D eigenvalue weighted by Gasteiger charge is 2.29. The molecule has 0 radical (unpaired) electrons. The Kier molecular flexibility index (Phi) is 4.54. The molecule has 8 heteroatoms. The third-order valence-electron chi connectivity index (χ3n) is 4.51. The molecular formula is C17H21N3O5. The van der Waals surface area contributed by atoms with E-state index in [0.29, 0.717) is 18.0 Å². The molecule has 8 nitrogen and oxygen atoms in total. The van der Waals surface area contributed by atoms with E-state index in [-0.39, 0.29) is 18.0 Å². The maximum Gasteiger partial charge on any atom is 0.331 e. The standard InChI is InChI=1S/C17H21N3O5/c1-4-20-16(22)13(15(21)19-17(20)23)14-10-8-12(25-3)11(24-2)7-9(10)5-6-18-14/h7-8,14,18,22H,4-6H2,1-3H3,(H,19,21,23)/t14-/m0/s1. The van der Waals surface area contributed by atoms with E-state index in [1.54, 1.807) is 20.1 Å². The second kappa shape index (κ2) is 6.64. The summed E-state index contributed by atoms with van der Waals surface area (Å²) in [5, 5.41) is 13.7. The van der Waals surface area contributed by atoms with Gasteiger partial charge in [-0.1, -0.05) is 0 Å². The van der Waals surface area contributed by atoms with Gasteiger partial charge in [0.15, 0.2) is 11.5 Å². The Morgan fingerprint density at radius 3 is 2.56 bits per heavy atom. The number of hydrogen-bond donors (Lipinski definition) is 3. The fraction of sp³-hybridized carbons (Fsp3) is 0.412. The molecule has 1 aromatic heterocycles. The van der Waals surface area contributed by atoms with Crippen LogP contribution in [0.15, 0.2) is 21.7 Å². The van der Waals surface area contributed by atoms with Crippen LogP contribution in [0.4, 0.5) is 0 Å². The van der Waals surface area contributed by atoms with Crippen molar-refractivity contribution in [3.63, 3.8) is 0 Å². The molecule has 3 rings (SSSR count). The highest BCUT2D eigenvalue weighted by molar-refractivity contribution is 5.52. The molecule has 1 atom stereocenters. The van der Waals surface area contributed by atoms with Crippen LogP contribution in [0.25, 0.3) is 0 Å². The van der Waals surface area contributed by atoms with Gasteiger partial charge in [0.1, 0.15) is 0 Å². The molecule has 25 heavy (non-hydrogen) atoms. The van der Waals surface area contributed by atoms with E-state index in [2.05, 4.69) is 10.3 Å². The van der Waals surface area contributed by atoms with Crippen LogP contribution in [0.2, 0.25) is 0 Å². The van der Waals surface area contributed by atoms with Gasteiger partial charge in [-0.15, -0.1) is 0 Å². The van der Waals surface area contributed by atoms with Crippen molar-refractivity contribution in [1.82, 2.24) is 14.9 Å². The van der Waals surface area contributed by atoms with Gasteiger partial charge in [0.05, 0.1) is 25.8 Å².